The monoisotopic (exact) mass is 788 g/mol. The highest BCUT2D eigenvalue weighted by Gasteiger charge is 2.25. The van der Waals surface area contributed by atoms with Crippen LogP contribution >= 0.6 is 0 Å². The number of benzene rings is 5. The van der Waals surface area contributed by atoms with Gasteiger partial charge >= 0.3 is 0 Å². The fourth-order valence-electron chi connectivity index (χ4n) is 7.88. The molecule has 12 heteroatoms. The number of hydrogen-bond donors (Lipinski definition) is 2. The van der Waals surface area contributed by atoms with Crippen molar-refractivity contribution in [1.29, 1.82) is 0 Å². The van der Waals surface area contributed by atoms with Gasteiger partial charge < -0.3 is 28.9 Å². The third kappa shape index (κ3) is 6.53. The van der Waals surface area contributed by atoms with E-state index in [2.05, 4.69) is 45.3 Å². The summed E-state index contributed by atoms with van der Waals surface area (Å²) >= 11 is 0. The Kier molecular flexibility index (Phi) is 9.10. The molecular weight excluding hydrogens is 753 g/mol. The van der Waals surface area contributed by atoms with E-state index in [-0.39, 0.29) is 0 Å². The van der Waals surface area contributed by atoms with Gasteiger partial charge in [0.2, 0.25) is 0 Å². The van der Waals surface area contributed by atoms with E-state index in [1.165, 1.54) is 0 Å². The number of rotatable bonds is 11. The van der Waals surface area contributed by atoms with Crippen LogP contribution in [0.1, 0.15) is 0 Å². The Morgan fingerprint density at radius 3 is 1.78 bits per heavy atom. The first-order chi connectivity index (χ1) is 29.7. The van der Waals surface area contributed by atoms with Gasteiger partial charge in [0.1, 0.15) is 47.2 Å². The SMILES string of the molecule is c1ccc2c(c1)-c1cc3[nH]c(nc4nc(nc5[nH]c(nc-2n1)c1ccccc51)-c1cccc(OCCOCCOCCOc2cccc5cccnc25)c1-4)c1ccccc31. The number of nitrogens with one attached hydrogen (secondary N) is 2. The van der Waals surface area contributed by atoms with Crippen molar-refractivity contribution >= 4 is 54.9 Å². The zero-order valence-corrected chi connectivity index (χ0v) is 32.3. The highest BCUT2D eigenvalue weighted by atomic mass is 16.6. The summed E-state index contributed by atoms with van der Waals surface area (Å²) < 4.78 is 24.0. The average molecular weight is 789 g/mol. The molecule has 2 N–H and O–H groups in total. The van der Waals surface area contributed by atoms with E-state index >= 15 is 0 Å². The molecule has 6 heterocycles. The minimum atomic E-state index is 0.312. The van der Waals surface area contributed by atoms with E-state index in [4.69, 9.17) is 43.9 Å². The molecule has 8 bridgehead atoms. The zero-order chi connectivity index (χ0) is 39.8. The summed E-state index contributed by atoms with van der Waals surface area (Å²) in [4.78, 5) is 37.1. The summed E-state index contributed by atoms with van der Waals surface area (Å²) in [6, 6.07) is 42.2. The van der Waals surface area contributed by atoms with E-state index in [0.717, 1.165) is 71.7 Å². The van der Waals surface area contributed by atoms with Gasteiger partial charge in [0.15, 0.2) is 17.5 Å². The van der Waals surface area contributed by atoms with Crippen molar-refractivity contribution in [2.45, 2.75) is 0 Å². The summed E-state index contributed by atoms with van der Waals surface area (Å²) in [6.45, 7) is 2.37. The van der Waals surface area contributed by atoms with E-state index in [1.54, 1.807) is 6.20 Å². The fourth-order valence-corrected chi connectivity index (χ4v) is 7.88. The lowest BCUT2D eigenvalue weighted by Gasteiger charge is -2.11. The van der Waals surface area contributed by atoms with Crippen LogP contribution in [0.5, 0.6) is 11.5 Å². The molecule has 12 nitrogen and oxygen atoms in total. The number of aromatic amines is 2. The Morgan fingerprint density at radius 1 is 0.433 bits per heavy atom. The van der Waals surface area contributed by atoms with Gasteiger partial charge in [-0.1, -0.05) is 103 Å². The number of pyridine rings is 1. The van der Waals surface area contributed by atoms with Gasteiger partial charge in [-0.15, -0.1) is 0 Å². The number of hydrogen-bond acceptors (Lipinski definition) is 10. The van der Waals surface area contributed by atoms with Gasteiger partial charge in [-0.2, -0.15) is 0 Å². The van der Waals surface area contributed by atoms with Crippen LogP contribution in [0.3, 0.4) is 0 Å². The quantitative estimate of drug-likeness (QED) is 0.122. The van der Waals surface area contributed by atoms with Gasteiger partial charge in [-0.25, -0.2) is 24.9 Å². The molecule has 4 aromatic heterocycles. The van der Waals surface area contributed by atoms with Crippen molar-refractivity contribution in [2.24, 2.45) is 0 Å². The standard InChI is InChI=1S/C48H36N8O4/c1-3-14-32-30(12-1)37-28-38-31-13-2-4-15-33(31)44(51-38)55-48-41-36(47(56-48)54-46-35-17-6-5-16-34(35)45(53-46)52-43(32)50-37)18-8-19-39(41)59-26-24-57-22-23-58-25-27-60-40-20-7-10-29-11-9-21-49-42(29)40/h1-21,28H,22-27H2,(H2,50,51,52,53,54,55,56). The lowest BCUT2D eigenvalue weighted by molar-refractivity contribution is 0.0275. The summed E-state index contributed by atoms with van der Waals surface area (Å²) in [5.41, 5.74) is 8.02. The summed E-state index contributed by atoms with van der Waals surface area (Å²) in [5, 5.41) is 4.85. The van der Waals surface area contributed by atoms with Crippen LogP contribution in [0.15, 0.2) is 134 Å². The predicted octanol–water partition coefficient (Wildman–Crippen LogP) is 9.51. The third-order valence-electron chi connectivity index (χ3n) is 10.6. The number of fused-ring (bicyclic) bond motifs is 21. The highest BCUT2D eigenvalue weighted by molar-refractivity contribution is 6.07. The molecule has 0 spiro atoms. The molecule has 9 aromatic rings. The van der Waals surface area contributed by atoms with Gasteiger partial charge in [-0.3, -0.25) is 4.98 Å². The molecule has 2 aliphatic heterocycles. The number of H-pyrrole nitrogens is 2. The third-order valence-corrected chi connectivity index (χ3v) is 10.6. The number of ether oxygens (including phenoxy) is 4. The Morgan fingerprint density at radius 2 is 1.00 bits per heavy atom. The van der Waals surface area contributed by atoms with Crippen LogP contribution in [-0.4, -0.2) is 79.5 Å². The molecule has 2 aliphatic rings. The van der Waals surface area contributed by atoms with Crippen molar-refractivity contribution in [3.63, 3.8) is 0 Å². The van der Waals surface area contributed by atoms with Gasteiger partial charge in [0.05, 0.1) is 37.7 Å². The molecular formula is C48H36N8O4. The number of nitrogens with zero attached hydrogens (tertiary/aromatic N) is 6. The zero-order valence-electron chi connectivity index (χ0n) is 32.3. The first kappa shape index (κ1) is 35.6. The van der Waals surface area contributed by atoms with Crippen molar-refractivity contribution in [2.75, 3.05) is 39.6 Å². The largest absolute Gasteiger partial charge is 0.490 e. The highest BCUT2D eigenvalue weighted by Crippen LogP contribution is 2.41. The van der Waals surface area contributed by atoms with Crippen LogP contribution in [0, 0.1) is 0 Å². The smallest absolute Gasteiger partial charge is 0.168 e. The minimum Gasteiger partial charge on any atom is -0.490 e. The first-order valence-electron chi connectivity index (χ1n) is 19.9. The molecule has 0 radical (unpaired) electrons. The van der Waals surface area contributed by atoms with Gasteiger partial charge in [0.25, 0.3) is 0 Å². The van der Waals surface area contributed by atoms with Crippen LogP contribution < -0.4 is 9.47 Å². The van der Waals surface area contributed by atoms with Crippen LogP contribution in [0.25, 0.3) is 100 Å². The van der Waals surface area contributed by atoms with Crippen LogP contribution in [-0.2, 0) is 9.47 Å². The minimum absolute atomic E-state index is 0.312. The lowest BCUT2D eigenvalue weighted by atomic mass is 10.1. The maximum Gasteiger partial charge on any atom is 0.168 e. The van der Waals surface area contributed by atoms with Crippen LogP contribution in [0.4, 0.5) is 0 Å². The Bertz CT molecular complexity index is 3260. The normalized spacial score (nSPS) is 11.9. The molecule has 0 atom stereocenters. The van der Waals surface area contributed by atoms with Gasteiger partial charge in [0, 0.05) is 55.3 Å². The molecule has 60 heavy (non-hydrogen) atoms. The number of para-hydroxylation sites is 1. The molecule has 0 amide bonds. The fraction of sp³-hybridized carbons (Fsp3) is 0.125. The second-order valence-electron chi connectivity index (χ2n) is 14.3. The van der Waals surface area contributed by atoms with E-state index in [0.29, 0.717) is 79.8 Å². The van der Waals surface area contributed by atoms with Crippen molar-refractivity contribution < 1.29 is 18.9 Å². The predicted molar refractivity (Wildman–Crippen MR) is 233 cm³/mol. The lowest BCUT2D eigenvalue weighted by Crippen LogP contribution is -2.13. The van der Waals surface area contributed by atoms with E-state index in [1.807, 2.05) is 97.1 Å². The van der Waals surface area contributed by atoms with Crippen LogP contribution in [0.2, 0.25) is 0 Å². The summed E-state index contributed by atoms with van der Waals surface area (Å²) in [6.07, 6.45) is 1.77. The number of aromatic nitrogens is 8. The summed E-state index contributed by atoms with van der Waals surface area (Å²) in [5.74, 6) is 3.00. The second kappa shape index (κ2) is 15.3. The first-order valence-corrected chi connectivity index (χ1v) is 19.9. The van der Waals surface area contributed by atoms with Crippen molar-refractivity contribution in [3.05, 3.63) is 134 Å². The molecule has 0 saturated carbocycles. The Hall–Kier alpha value is -7.54. The Labute approximate surface area is 342 Å². The van der Waals surface area contributed by atoms with E-state index in [9.17, 15) is 0 Å². The van der Waals surface area contributed by atoms with Gasteiger partial charge in [-0.05, 0) is 24.3 Å². The molecule has 292 valence electrons. The maximum atomic E-state index is 6.40. The molecule has 11 rings (SSSR count). The molecule has 0 fully saturated rings. The topological polar surface area (TPSA) is 146 Å². The molecule has 0 saturated heterocycles. The molecule has 0 unspecified atom stereocenters. The Balaban J connectivity index is 0.892. The van der Waals surface area contributed by atoms with E-state index < -0.39 is 0 Å². The van der Waals surface area contributed by atoms with Crippen molar-refractivity contribution in [1.82, 2.24) is 39.9 Å². The average Bonchev–Trinajstić information content (AvgIpc) is 4.03. The van der Waals surface area contributed by atoms with Crippen molar-refractivity contribution in [3.8, 4) is 56.9 Å². The molecule has 0 aliphatic carbocycles. The summed E-state index contributed by atoms with van der Waals surface area (Å²) in [7, 11) is 0. The maximum absolute atomic E-state index is 6.40. The molecule has 5 aromatic carbocycles. The second-order valence-corrected chi connectivity index (χ2v) is 14.3.